The van der Waals surface area contributed by atoms with E-state index < -0.39 is 0 Å². The van der Waals surface area contributed by atoms with Crippen LogP contribution in [-0.4, -0.2) is 16.8 Å². The van der Waals surface area contributed by atoms with Gasteiger partial charge in [0.2, 0.25) is 0 Å². The van der Waals surface area contributed by atoms with E-state index in [9.17, 15) is 4.79 Å². The molecule has 0 saturated carbocycles. The highest BCUT2D eigenvalue weighted by Crippen LogP contribution is 2.14. The second-order valence-electron chi connectivity index (χ2n) is 3.69. The van der Waals surface area contributed by atoms with Crippen LogP contribution in [0.15, 0.2) is 11.1 Å². The minimum atomic E-state index is -0.198. The lowest BCUT2D eigenvalue weighted by molar-refractivity contribution is -0.113. The summed E-state index contributed by atoms with van der Waals surface area (Å²) in [7, 11) is 0. The first kappa shape index (κ1) is 11.8. The Labute approximate surface area is 79.1 Å². The second-order valence-corrected chi connectivity index (χ2v) is 3.69. The Bertz CT molecular complexity index is 267. The molecule has 0 aliphatic rings. The van der Waals surface area contributed by atoms with Crippen molar-refractivity contribution >= 4 is 12.0 Å². The van der Waals surface area contributed by atoms with Gasteiger partial charge in [-0.25, -0.2) is 0 Å². The van der Waals surface area contributed by atoms with Crippen LogP contribution < -0.4 is 0 Å². The van der Waals surface area contributed by atoms with Gasteiger partial charge < -0.3 is 5.53 Å². The van der Waals surface area contributed by atoms with Crippen LogP contribution in [0, 0.1) is 5.92 Å². The van der Waals surface area contributed by atoms with Gasteiger partial charge in [0.05, 0.1) is 0 Å². The molecule has 0 saturated heterocycles. The summed E-state index contributed by atoms with van der Waals surface area (Å²) in [6.45, 7) is 7.88. The molecule has 0 aromatic heterocycles. The van der Waals surface area contributed by atoms with Crippen molar-refractivity contribution in [2.24, 2.45) is 5.92 Å². The molecule has 0 spiro atoms. The molecule has 0 atom stereocenters. The molecule has 0 aliphatic carbocycles. The van der Waals surface area contributed by atoms with Crippen molar-refractivity contribution in [2.75, 3.05) is 0 Å². The van der Waals surface area contributed by atoms with Crippen LogP contribution in [0.25, 0.3) is 5.53 Å². The van der Waals surface area contributed by atoms with E-state index in [4.69, 9.17) is 5.53 Å². The molecule has 0 aromatic carbocycles. The molecule has 0 N–H and O–H groups in total. The van der Waals surface area contributed by atoms with Gasteiger partial charge in [0.15, 0.2) is 0 Å². The quantitative estimate of drug-likeness (QED) is 0.283. The van der Waals surface area contributed by atoms with E-state index in [0.717, 1.165) is 23.8 Å². The van der Waals surface area contributed by atoms with Crippen LogP contribution >= 0.6 is 0 Å². The number of rotatable bonds is 4. The van der Waals surface area contributed by atoms with Gasteiger partial charge in [-0.2, -0.15) is 4.79 Å². The van der Waals surface area contributed by atoms with Gasteiger partial charge in [-0.05, 0) is 26.2 Å². The standard InChI is InChI=1S/C10H16N2O/c1-7(2)5-9(8(3)4)10(13)6-12-11/h6-7H,5H2,1-4H3. The van der Waals surface area contributed by atoms with E-state index in [1.54, 1.807) is 0 Å². The summed E-state index contributed by atoms with van der Waals surface area (Å²) >= 11 is 0. The molecule has 72 valence electrons. The summed E-state index contributed by atoms with van der Waals surface area (Å²) in [5.74, 6) is 0.233. The van der Waals surface area contributed by atoms with Crippen LogP contribution in [-0.2, 0) is 4.79 Å². The lowest BCUT2D eigenvalue weighted by Gasteiger charge is -2.06. The van der Waals surface area contributed by atoms with Gasteiger partial charge in [0.1, 0.15) is 0 Å². The molecule has 0 bridgehead atoms. The SMILES string of the molecule is CC(C)=C(CC(C)C)C(=O)C=[N+]=[N-]. The fourth-order valence-corrected chi connectivity index (χ4v) is 1.09. The van der Waals surface area contributed by atoms with E-state index in [2.05, 4.69) is 4.79 Å². The third kappa shape index (κ3) is 4.38. The highest BCUT2D eigenvalue weighted by molar-refractivity contribution is 6.33. The van der Waals surface area contributed by atoms with Gasteiger partial charge >= 0.3 is 6.21 Å². The van der Waals surface area contributed by atoms with Crippen molar-refractivity contribution in [2.45, 2.75) is 34.1 Å². The van der Waals surface area contributed by atoms with Crippen molar-refractivity contribution in [3.8, 4) is 0 Å². The normalized spacial score (nSPS) is 9.31. The Kier molecular flexibility index (Phi) is 4.93. The monoisotopic (exact) mass is 180 g/mol. The highest BCUT2D eigenvalue weighted by atomic mass is 16.1. The average Bonchev–Trinajstić information content (AvgIpc) is 1.99. The van der Waals surface area contributed by atoms with Gasteiger partial charge in [0.25, 0.3) is 5.78 Å². The fraction of sp³-hybridized carbons (Fsp3) is 0.600. The molecular weight excluding hydrogens is 164 g/mol. The average molecular weight is 180 g/mol. The molecule has 0 aromatic rings. The Balaban J connectivity index is 4.74. The maximum Gasteiger partial charge on any atom is 0.327 e. The zero-order valence-electron chi connectivity index (χ0n) is 8.66. The Hall–Kier alpha value is -1.21. The molecule has 0 unspecified atom stereocenters. The summed E-state index contributed by atoms with van der Waals surface area (Å²) < 4.78 is 0. The number of carbonyl (C=O) groups is 1. The minimum absolute atomic E-state index is 0.198. The highest BCUT2D eigenvalue weighted by Gasteiger charge is 2.13. The van der Waals surface area contributed by atoms with Gasteiger partial charge in [-0.1, -0.05) is 19.4 Å². The summed E-state index contributed by atoms with van der Waals surface area (Å²) in [4.78, 5) is 14.1. The molecule has 0 amide bonds. The molecule has 0 aliphatic heterocycles. The van der Waals surface area contributed by atoms with Crippen molar-refractivity contribution < 1.29 is 9.58 Å². The van der Waals surface area contributed by atoms with Crippen LogP contribution in [0.4, 0.5) is 0 Å². The predicted octanol–water partition coefficient (Wildman–Crippen LogP) is 2.24. The van der Waals surface area contributed by atoms with Gasteiger partial charge in [0, 0.05) is 5.57 Å². The number of hydrogen-bond donors (Lipinski definition) is 0. The van der Waals surface area contributed by atoms with Gasteiger partial charge in [-0.3, -0.25) is 4.79 Å². The van der Waals surface area contributed by atoms with E-state index in [1.807, 2.05) is 27.7 Å². The van der Waals surface area contributed by atoms with Crippen molar-refractivity contribution in [3.63, 3.8) is 0 Å². The predicted molar refractivity (Wildman–Crippen MR) is 52.5 cm³/mol. The maximum absolute atomic E-state index is 11.4. The smallest absolute Gasteiger partial charge is 0.327 e. The lowest BCUT2D eigenvalue weighted by atomic mass is 9.96. The number of ketones is 1. The number of nitrogens with zero attached hydrogens (tertiary/aromatic N) is 2. The van der Waals surface area contributed by atoms with Crippen LogP contribution in [0.2, 0.25) is 0 Å². The zero-order chi connectivity index (χ0) is 10.4. The van der Waals surface area contributed by atoms with E-state index in [-0.39, 0.29) is 5.78 Å². The molecule has 3 heteroatoms. The number of hydrogen-bond acceptors (Lipinski definition) is 1. The molecule has 3 nitrogen and oxygen atoms in total. The first-order valence-corrected chi connectivity index (χ1v) is 4.37. The zero-order valence-corrected chi connectivity index (χ0v) is 8.66. The van der Waals surface area contributed by atoms with E-state index in [0.29, 0.717) is 5.92 Å². The maximum atomic E-state index is 11.4. The lowest BCUT2D eigenvalue weighted by Crippen LogP contribution is -2.08. The summed E-state index contributed by atoms with van der Waals surface area (Å²) in [5.41, 5.74) is 9.96. The first-order valence-electron chi connectivity index (χ1n) is 4.37. The minimum Gasteiger partial charge on any atom is -0.361 e. The van der Waals surface area contributed by atoms with E-state index >= 15 is 0 Å². The largest absolute Gasteiger partial charge is 0.361 e. The Morgan fingerprint density at radius 3 is 2.31 bits per heavy atom. The second kappa shape index (κ2) is 5.44. The molecule has 0 fully saturated rings. The van der Waals surface area contributed by atoms with Crippen molar-refractivity contribution in [3.05, 3.63) is 16.7 Å². The Morgan fingerprint density at radius 1 is 1.46 bits per heavy atom. The summed E-state index contributed by atoms with van der Waals surface area (Å²) in [6, 6.07) is 0. The number of Topliss-reactive ketones (excluding diaryl/α,β-unsaturated/α-hetero) is 1. The van der Waals surface area contributed by atoms with Crippen LogP contribution in [0.1, 0.15) is 34.1 Å². The fourth-order valence-electron chi connectivity index (χ4n) is 1.09. The first-order chi connectivity index (χ1) is 5.99. The number of allylic oxidation sites excluding steroid dienone is 2. The Morgan fingerprint density at radius 2 is 2.00 bits per heavy atom. The van der Waals surface area contributed by atoms with Crippen LogP contribution in [0.5, 0.6) is 0 Å². The molecular formula is C10H16N2O. The van der Waals surface area contributed by atoms with Crippen LogP contribution in [0.3, 0.4) is 0 Å². The van der Waals surface area contributed by atoms with Gasteiger partial charge in [-0.15, -0.1) is 0 Å². The molecule has 0 radical (unpaired) electrons. The number of carbonyl (C=O) groups excluding carboxylic acids is 1. The van der Waals surface area contributed by atoms with Crippen molar-refractivity contribution in [1.29, 1.82) is 0 Å². The third-order valence-electron chi connectivity index (χ3n) is 1.69. The van der Waals surface area contributed by atoms with Crippen molar-refractivity contribution in [1.82, 2.24) is 0 Å². The summed E-state index contributed by atoms with van der Waals surface area (Å²) in [6.07, 6.45) is 1.68. The molecule has 0 heterocycles. The third-order valence-corrected chi connectivity index (χ3v) is 1.69. The molecule has 13 heavy (non-hydrogen) atoms. The van der Waals surface area contributed by atoms with E-state index in [1.165, 1.54) is 0 Å². The summed E-state index contributed by atoms with van der Waals surface area (Å²) in [5, 5.41) is 0. The molecule has 0 rings (SSSR count). The topological polar surface area (TPSA) is 53.5 Å².